The third-order valence-corrected chi connectivity index (χ3v) is 5.49. The Bertz CT molecular complexity index is 1310. The van der Waals surface area contributed by atoms with Crippen molar-refractivity contribution in [3.8, 4) is 11.5 Å². The summed E-state index contributed by atoms with van der Waals surface area (Å²) in [6, 6.07) is 30.6. The maximum absolute atomic E-state index is 13.1. The maximum atomic E-state index is 13.1. The molecule has 7 heteroatoms. The summed E-state index contributed by atoms with van der Waals surface area (Å²) in [6.45, 7) is 0. The van der Waals surface area contributed by atoms with Crippen LogP contribution in [0.1, 0.15) is 27.0 Å². The molecule has 4 aromatic rings. The molecule has 7 nitrogen and oxygen atoms in total. The van der Waals surface area contributed by atoms with Crippen LogP contribution in [0.25, 0.3) is 0 Å². The lowest BCUT2D eigenvalue weighted by Gasteiger charge is -2.27. The number of ether oxygens (including phenoxy) is 2. The fourth-order valence-corrected chi connectivity index (χ4v) is 3.59. The van der Waals surface area contributed by atoms with E-state index in [-0.39, 0.29) is 0 Å². The number of aliphatic hydroxyl groups is 1. The highest BCUT2D eigenvalue weighted by Crippen LogP contribution is 2.29. The molecule has 0 saturated heterocycles. The van der Waals surface area contributed by atoms with Gasteiger partial charge in [-0.3, -0.25) is 4.79 Å². The van der Waals surface area contributed by atoms with Crippen LogP contribution in [0.15, 0.2) is 114 Å². The van der Waals surface area contributed by atoms with Gasteiger partial charge in [-0.1, -0.05) is 72.8 Å². The van der Waals surface area contributed by atoms with Gasteiger partial charge in [0.15, 0.2) is 5.60 Å². The molecule has 2 N–H and O–H groups in total. The number of esters is 1. The summed E-state index contributed by atoms with van der Waals surface area (Å²) in [6.07, 6.45) is 1.40. The number of carbonyl (C=O) groups is 2. The van der Waals surface area contributed by atoms with Crippen molar-refractivity contribution in [1.29, 1.82) is 0 Å². The lowest BCUT2D eigenvalue weighted by atomic mass is 9.85. The molecule has 0 aliphatic heterocycles. The van der Waals surface area contributed by atoms with Gasteiger partial charge in [0.25, 0.3) is 5.91 Å². The topological polar surface area (TPSA) is 97.2 Å². The highest BCUT2D eigenvalue weighted by molar-refractivity contribution is 5.92. The standard InChI is InChI=1S/C29H24N2O5/c1-35-25-17-15-22(16-18-25)27(32)36-26-14-8-9-21(19-26)20-30-31-28(33)29(34,23-10-4-2-5-11-23)24-12-6-3-7-13-24/h2-20,34H,1H3,(H,31,33)/b30-20-. The fraction of sp³-hybridized carbons (Fsp3) is 0.0690. The van der Waals surface area contributed by atoms with Crippen LogP contribution in [0.3, 0.4) is 0 Å². The Morgan fingerprint density at radius 3 is 2.00 bits per heavy atom. The van der Waals surface area contributed by atoms with Crippen LogP contribution in [-0.4, -0.2) is 30.3 Å². The quantitative estimate of drug-likeness (QED) is 0.170. The molecule has 36 heavy (non-hydrogen) atoms. The summed E-state index contributed by atoms with van der Waals surface area (Å²) in [4.78, 5) is 25.5. The minimum Gasteiger partial charge on any atom is -0.497 e. The number of methoxy groups -OCH3 is 1. The van der Waals surface area contributed by atoms with Gasteiger partial charge in [-0.2, -0.15) is 5.10 Å². The summed E-state index contributed by atoms with van der Waals surface area (Å²) in [5.74, 6) is -0.275. The van der Waals surface area contributed by atoms with E-state index in [0.29, 0.717) is 33.8 Å². The van der Waals surface area contributed by atoms with E-state index in [9.17, 15) is 14.7 Å². The zero-order valence-electron chi connectivity index (χ0n) is 19.5. The normalized spacial score (nSPS) is 11.2. The molecular formula is C29H24N2O5. The Balaban J connectivity index is 1.47. The first kappa shape index (κ1) is 24.4. The molecule has 0 radical (unpaired) electrons. The molecule has 0 saturated carbocycles. The second-order valence-corrected chi connectivity index (χ2v) is 7.83. The second kappa shape index (κ2) is 11.1. The first-order valence-electron chi connectivity index (χ1n) is 11.1. The second-order valence-electron chi connectivity index (χ2n) is 7.83. The van der Waals surface area contributed by atoms with Gasteiger partial charge in [-0.05, 0) is 53.1 Å². The van der Waals surface area contributed by atoms with E-state index in [1.807, 2.05) is 0 Å². The average molecular weight is 481 g/mol. The van der Waals surface area contributed by atoms with Gasteiger partial charge in [0.2, 0.25) is 0 Å². The van der Waals surface area contributed by atoms with Gasteiger partial charge >= 0.3 is 5.97 Å². The number of nitrogens with one attached hydrogen (secondary N) is 1. The molecule has 0 atom stereocenters. The zero-order chi connectivity index (χ0) is 25.4. The molecule has 4 aromatic carbocycles. The Morgan fingerprint density at radius 2 is 1.42 bits per heavy atom. The molecule has 0 aromatic heterocycles. The number of amides is 1. The highest BCUT2D eigenvalue weighted by Gasteiger charge is 2.39. The smallest absolute Gasteiger partial charge is 0.343 e. The van der Waals surface area contributed by atoms with E-state index < -0.39 is 17.5 Å². The maximum Gasteiger partial charge on any atom is 0.343 e. The van der Waals surface area contributed by atoms with E-state index in [2.05, 4.69) is 10.5 Å². The van der Waals surface area contributed by atoms with E-state index in [0.717, 1.165) is 0 Å². The number of nitrogens with zero attached hydrogens (tertiary/aromatic N) is 1. The minimum atomic E-state index is -1.93. The van der Waals surface area contributed by atoms with Crippen molar-refractivity contribution < 1.29 is 24.2 Å². The molecule has 0 bridgehead atoms. The molecule has 0 aliphatic carbocycles. The summed E-state index contributed by atoms with van der Waals surface area (Å²) < 4.78 is 10.5. The van der Waals surface area contributed by atoms with Crippen molar-refractivity contribution in [3.05, 3.63) is 131 Å². The number of benzene rings is 4. The number of hydrazone groups is 1. The van der Waals surface area contributed by atoms with Crippen LogP contribution in [0.2, 0.25) is 0 Å². The predicted octanol–water partition coefficient (Wildman–Crippen LogP) is 4.30. The predicted molar refractivity (Wildman–Crippen MR) is 136 cm³/mol. The Morgan fingerprint density at radius 1 is 0.806 bits per heavy atom. The number of hydrogen-bond acceptors (Lipinski definition) is 6. The van der Waals surface area contributed by atoms with Gasteiger partial charge in [-0.25, -0.2) is 10.2 Å². The molecule has 0 unspecified atom stereocenters. The van der Waals surface area contributed by atoms with Crippen molar-refractivity contribution in [2.75, 3.05) is 7.11 Å². The molecule has 0 heterocycles. The van der Waals surface area contributed by atoms with Crippen LogP contribution >= 0.6 is 0 Å². The molecule has 0 fully saturated rings. The summed E-state index contributed by atoms with van der Waals surface area (Å²) in [5, 5.41) is 15.5. The lowest BCUT2D eigenvalue weighted by molar-refractivity contribution is -0.136. The number of rotatable bonds is 8. The van der Waals surface area contributed by atoms with Gasteiger partial charge in [0.1, 0.15) is 11.5 Å². The molecule has 180 valence electrons. The van der Waals surface area contributed by atoms with Crippen molar-refractivity contribution in [3.63, 3.8) is 0 Å². The van der Waals surface area contributed by atoms with Gasteiger partial charge in [0.05, 0.1) is 18.9 Å². The van der Waals surface area contributed by atoms with E-state index in [4.69, 9.17) is 9.47 Å². The summed E-state index contributed by atoms with van der Waals surface area (Å²) in [7, 11) is 1.55. The van der Waals surface area contributed by atoms with Crippen molar-refractivity contribution >= 4 is 18.1 Å². The van der Waals surface area contributed by atoms with Crippen LogP contribution in [0, 0.1) is 0 Å². The summed E-state index contributed by atoms with van der Waals surface area (Å²) in [5.41, 5.74) is 2.28. The largest absolute Gasteiger partial charge is 0.497 e. The highest BCUT2D eigenvalue weighted by atomic mass is 16.5. The molecular weight excluding hydrogens is 456 g/mol. The van der Waals surface area contributed by atoms with Gasteiger partial charge < -0.3 is 14.6 Å². The van der Waals surface area contributed by atoms with Crippen molar-refractivity contribution in [2.24, 2.45) is 5.10 Å². The first-order chi connectivity index (χ1) is 17.5. The number of carbonyl (C=O) groups excluding carboxylic acids is 2. The van der Waals surface area contributed by atoms with Gasteiger partial charge in [0, 0.05) is 0 Å². The van der Waals surface area contributed by atoms with E-state index in [1.165, 1.54) is 6.21 Å². The third kappa shape index (κ3) is 5.48. The van der Waals surface area contributed by atoms with Crippen LogP contribution in [0.4, 0.5) is 0 Å². The van der Waals surface area contributed by atoms with Crippen LogP contribution in [0.5, 0.6) is 11.5 Å². The fourth-order valence-electron chi connectivity index (χ4n) is 3.59. The number of hydrogen-bond donors (Lipinski definition) is 2. The van der Waals surface area contributed by atoms with E-state index >= 15 is 0 Å². The Kier molecular flexibility index (Phi) is 7.53. The van der Waals surface area contributed by atoms with Crippen LogP contribution < -0.4 is 14.9 Å². The Hall–Kier alpha value is -4.75. The first-order valence-corrected chi connectivity index (χ1v) is 11.1. The molecule has 0 aliphatic rings. The third-order valence-electron chi connectivity index (χ3n) is 5.49. The lowest BCUT2D eigenvalue weighted by Crippen LogP contribution is -2.43. The minimum absolute atomic E-state index is 0.316. The molecule has 0 spiro atoms. The van der Waals surface area contributed by atoms with Crippen LogP contribution in [-0.2, 0) is 10.4 Å². The Labute approximate surface area is 208 Å². The average Bonchev–Trinajstić information content (AvgIpc) is 2.93. The SMILES string of the molecule is COc1ccc(C(=O)Oc2cccc(/C=N\NC(=O)C(O)(c3ccccc3)c3ccccc3)c2)cc1. The van der Waals surface area contributed by atoms with Gasteiger partial charge in [-0.15, -0.1) is 0 Å². The monoisotopic (exact) mass is 480 g/mol. The van der Waals surface area contributed by atoms with Crippen molar-refractivity contribution in [1.82, 2.24) is 5.43 Å². The molecule has 4 rings (SSSR count). The van der Waals surface area contributed by atoms with E-state index in [1.54, 1.807) is 116 Å². The van der Waals surface area contributed by atoms with Crippen molar-refractivity contribution in [2.45, 2.75) is 5.60 Å². The molecule has 1 amide bonds. The summed E-state index contributed by atoms with van der Waals surface area (Å²) >= 11 is 0. The zero-order valence-corrected chi connectivity index (χ0v) is 19.5.